The lowest BCUT2D eigenvalue weighted by Gasteiger charge is -2.24. The van der Waals surface area contributed by atoms with Crippen LogP contribution in [0, 0.1) is 12.8 Å². The number of nitrogens with one attached hydrogen (secondary N) is 1. The predicted octanol–water partition coefficient (Wildman–Crippen LogP) is 3.78. The van der Waals surface area contributed by atoms with Crippen LogP contribution in [0.2, 0.25) is 0 Å². The summed E-state index contributed by atoms with van der Waals surface area (Å²) in [6.07, 6.45) is 6.07. The summed E-state index contributed by atoms with van der Waals surface area (Å²) in [5.41, 5.74) is 1.36. The van der Waals surface area contributed by atoms with E-state index in [-0.39, 0.29) is 10.7 Å². The van der Waals surface area contributed by atoms with E-state index in [1.807, 2.05) is 31.2 Å². The monoisotopic (exact) mass is 440 g/mol. The van der Waals surface area contributed by atoms with Gasteiger partial charge in [-0.2, -0.15) is 5.21 Å². The third-order valence-electron chi connectivity index (χ3n) is 5.42. The molecule has 0 bridgehead atoms. The van der Waals surface area contributed by atoms with Gasteiger partial charge in [0.2, 0.25) is 5.82 Å². The van der Waals surface area contributed by atoms with Gasteiger partial charge in [0, 0.05) is 29.2 Å². The second-order valence-corrected chi connectivity index (χ2v) is 10.3. The Morgan fingerprint density at radius 1 is 1.23 bits per heavy atom. The summed E-state index contributed by atoms with van der Waals surface area (Å²) >= 11 is 1.51. The number of pyridine rings is 1. The van der Waals surface area contributed by atoms with Gasteiger partial charge in [-0.05, 0) is 47.6 Å². The minimum absolute atomic E-state index is 0.0825. The van der Waals surface area contributed by atoms with Crippen LogP contribution < -0.4 is 4.31 Å². The molecule has 154 valence electrons. The van der Waals surface area contributed by atoms with E-state index < -0.39 is 10.0 Å². The molecule has 3 aromatic heterocycles. The van der Waals surface area contributed by atoms with Crippen LogP contribution in [0.3, 0.4) is 0 Å². The molecule has 1 aliphatic rings. The first kappa shape index (κ1) is 19.1. The fourth-order valence-electron chi connectivity index (χ4n) is 3.60. The number of nitrogens with zero attached hydrogens (tertiary/aromatic N) is 5. The van der Waals surface area contributed by atoms with Crippen molar-refractivity contribution in [1.82, 2.24) is 25.6 Å². The second kappa shape index (κ2) is 7.44. The average molecular weight is 441 g/mol. The number of hydrogen-bond acceptors (Lipinski definition) is 7. The van der Waals surface area contributed by atoms with Crippen molar-refractivity contribution in [3.63, 3.8) is 0 Å². The molecule has 1 aliphatic carbocycles. The van der Waals surface area contributed by atoms with Gasteiger partial charge in [0.15, 0.2) is 0 Å². The Hall–Kier alpha value is -2.85. The number of H-pyrrole nitrogens is 1. The first-order chi connectivity index (χ1) is 14.6. The highest BCUT2D eigenvalue weighted by molar-refractivity contribution is 7.93. The molecular weight excluding hydrogens is 420 g/mol. The standard InChI is InChI=1S/C20H20N6O2S2/c1-13-15-4-2-3-5-17(15)29-20(13)26(11-9-14-6-7-14)30(27,28)18-12-21-10-8-16(18)19-22-24-25-23-19/h2-5,8,10,12,14H,6-7,9,11H2,1H3,(H,22,23,24,25). The number of rotatable bonds is 7. The quantitative estimate of drug-likeness (QED) is 0.469. The number of thiophene rings is 1. The minimum Gasteiger partial charge on any atom is -0.263 e. The van der Waals surface area contributed by atoms with Gasteiger partial charge in [-0.15, -0.1) is 21.5 Å². The Bertz CT molecular complexity index is 1300. The molecule has 5 rings (SSSR count). The van der Waals surface area contributed by atoms with Gasteiger partial charge in [-0.25, -0.2) is 8.42 Å². The highest BCUT2D eigenvalue weighted by Gasteiger charge is 2.33. The van der Waals surface area contributed by atoms with E-state index in [2.05, 4.69) is 25.6 Å². The van der Waals surface area contributed by atoms with Crippen molar-refractivity contribution >= 4 is 36.4 Å². The summed E-state index contributed by atoms with van der Waals surface area (Å²) in [6, 6.07) is 9.61. The van der Waals surface area contributed by atoms with Crippen molar-refractivity contribution in [1.29, 1.82) is 0 Å². The number of fused-ring (bicyclic) bond motifs is 1. The molecule has 1 aromatic carbocycles. The van der Waals surface area contributed by atoms with Crippen molar-refractivity contribution in [2.24, 2.45) is 5.92 Å². The number of hydrogen-bond donors (Lipinski definition) is 1. The zero-order valence-electron chi connectivity index (χ0n) is 16.3. The fourth-order valence-corrected chi connectivity index (χ4v) is 6.72. The SMILES string of the molecule is Cc1c(N(CCC2CC2)S(=O)(=O)c2cnccc2-c2nn[nH]n2)sc2ccccc12. The Kier molecular flexibility index (Phi) is 4.75. The number of anilines is 1. The van der Waals surface area contributed by atoms with Crippen LogP contribution in [0.5, 0.6) is 0 Å². The first-order valence-corrected chi connectivity index (χ1v) is 12.0. The zero-order chi connectivity index (χ0) is 20.7. The molecule has 4 aromatic rings. The zero-order valence-corrected chi connectivity index (χ0v) is 17.9. The maximum absolute atomic E-state index is 13.9. The highest BCUT2D eigenvalue weighted by atomic mass is 32.2. The molecule has 1 fully saturated rings. The molecule has 0 spiro atoms. The van der Waals surface area contributed by atoms with Crippen molar-refractivity contribution in [3.8, 4) is 11.4 Å². The molecule has 0 amide bonds. The molecule has 0 saturated heterocycles. The number of aromatic nitrogens is 5. The van der Waals surface area contributed by atoms with E-state index in [1.54, 1.807) is 10.4 Å². The molecule has 0 atom stereocenters. The van der Waals surface area contributed by atoms with Gasteiger partial charge in [-0.3, -0.25) is 9.29 Å². The van der Waals surface area contributed by atoms with Gasteiger partial charge >= 0.3 is 0 Å². The molecule has 0 aliphatic heterocycles. The normalized spacial score (nSPS) is 14.3. The summed E-state index contributed by atoms with van der Waals surface area (Å²) in [4.78, 5) is 4.16. The van der Waals surface area contributed by atoms with E-state index >= 15 is 0 Å². The largest absolute Gasteiger partial charge is 0.267 e. The molecular formula is C20H20N6O2S2. The third-order valence-corrected chi connectivity index (χ3v) is 8.66. The van der Waals surface area contributed by atoms with Gasteiger partial charge < -0.3 is 0 Å². The summed E-state index contributed by atoms with van der Waals surface area (Å²) < 4.78 is 30.5. The Morgan fingerprint density at radius 3 is 2.80 bits per heavy atom. The van der Waals surface area contributed by atoms with Crippen molar-refractivity contribution in [2.75, 3.05) is 10.8 Å². The Morgan fingerprint density at radius 2 is 2.07 bits per heavy atom. The maximum atomic E-state index is 13.9. The molecule has 1 N–H and O–H groups in total. The first-order valence-electron chi connectivity index (χ1n) is 9.74. The fraction of sp³-hybridized carbons (Fsp3) is 0.300. The summed E-state index contributed by atoms with van der Waals surface area (Å²) in [5, 5.41) is 15.7. The number of sulfonamides is 1. The van der Waals surface area contributed by atoms with E-state index in [0.717, 1.165) is 27.1 Å². The lowest BCUT2D eigenvalue weighted by molar-refractivity contribution is 0.587. The van der Waals surface area contributed by atoms with E-state index in [1.165, 1.54) is 36.6 Å². The van der Waals surface area contributed by atoms with Gasteiger partial charge in [0.25, 0.3) is 10.0 Å². The highest BCUT2D eigenvalue weighted by Crippen LogP contribution is 2.42. The van der Waals surface area contributed by atoms with E-state index in [4.69, 9.17) is 0 Å². The van der Waals surface area contributed by atoms with Crippen LogP contribution in [0.25, 0.3) is 21.5 Å². The average Bonchev–Trinajstić information content (AvgIpc) is 3.30. The molecule has 30 heavy (non-hydrogen) atoms. The van der Waals surface area contributed by atoms with Gasteiger partial charge in [0.05, 0.1) is 0 Å². The molecule has 1 saturated carbocycles. The molecule has 8 nitrogen and oxygen atoms in total. The smallest absolute Gasteiger partial charge is 0.263 e. The molecule has 10 heteroatoms. The number of tetrazole rings is 1. The third kappa shape index (κ3) is 3.35. The van der Waals surface area contributed by atoms with Crippen LogP contribution in [0.1, 0.15) is 24.8 Å². The molecule has 3 heterocycles. The van der Waals surface area contributed by atoms with Crippen LogP contribution in [-0.4, -0.2) is 40.6 Å². The number of aryl methyl sites for hydroxylation is 1. The predicted molar refractivity (Wildman–Crippen MR) is 116 cm³/mol. The lowest BCUT2D eigenvalue weighted by Crippen LogP contribution is -2.32. The topological polar surface area (TPSA) is 105 Å². The van der Waals surface area contributed by atoms with E-state index in [0.29, 0.717) is 18.0 Å². The lowest BCUT2D eigenvalue weighted by atomic mass is 10.2. The summed E-state index contributed by atoms with van der Waals surface area (Å²) in [7, 11) is -3.89. The second-order valence-electron chi connectivity index (χ2n) is 7.44. The van der Waals surface area contributed by atoms with Crippen LogP contribution in [0.15, 0.2) is 47.6 Å². The summed E-state index contributed by atoms with van der Waals surface area (Å²) in [5.74, 6) is 0.828. The Labute approximate surface area is 178 Å². The van der Waals surface area contributed by atoms with Crippen LogP contribution in [0.4, 0.5) is 5.00 Å². The maximum Gasteiger partial charge on any atom is 0.267 e. The van der Waals surface area contributed by atoms with Crippen molar-refractivity contribution < 1.29 is 8.42 Å². The molecule has 0 unspecified atom stereocenters. The minimum atomic E-state index is -3.89. The summed E-state index contributed by atoms with van der Waals surface area (Å²) in [6.45, 7) is 2.42. The number of benzene rings is 1. The molecule has 0 radical (unpaired) electrons. The van der Waals surface area contributed by atoms with Gasteiger partial charge in [0.1, 0.15) is 9.90 Å². The number of aromatic amines is 1. The van der Waals surface area contributed by atoms with E-state index in [9.17, 15) is 8.42 Å². The van der Waals surface area contributed by atoms with Gasteiger partial charge in [-0.1, -0.05) is 31.0 Å². The van der Waals surface area contributed by atoms with Crippen LogP contribution in [-0.2, 0) is 10.0 Å². The van der Waals surface area contributed by atoms with Crippen LogP contribution >= 0.6 is 11.3 Å². The van der Waals surface area contributed by atoms with Crippen molar-refractivity contribution in [3.05, 3.63) is 48.3 Å². The van der Waals surface area contributed by atoms with Crippen molar-refractivity contribution in [2.45, 2.75) is 31.1 Å². The Balaban J connectivity index is 1.65.